The van der Waals surface area contributed by atoms with E-state index in [-0.39, 0.29) is 16.6 Å². The molecule has 0 radical (unpaired) electrons. The maximum atomic E-state index is 11.6. The topological polar surface area (TPSA) is 55.6 Å². The second kappa shape index (κ2) is 5.98. The van der Waals surface area contributed by atoms with Crippen LogP contribution in [-0.4, -0.2) is 24.1 Å². The third-order valence-electron chi connectivity index (χ3n) is 2.35. The van der Waals surface area contributed by atoms with Crippen molar-refractivity contribution in [2.24, 2.45) is 0 Å². The fourth-order valence-electron chi connectivity index (χ4n) is 1.13. The van der Waals surface area contributed by atoms with Crippen LogP contribution in [0.15, 0.2) is 24.3 Å². The van der Waals surface area contributed by atoms with Gasteiger partial charge in [0.1, 0.15) is 11.9 Å². The van der Waals surface area contributed by atoms with Crippen LogP contribution in [0.4, 0.5) is 10.5 Å². The van der Waals surface area contributed by atoms with Crippen molar-refractivity contribution >= 4 is 11.8 Å². The molecule has 1 unspecified atom stereocenters. The largest absolute Gasteiger partial charge is 0.651 e. The standard InChI is InChI=1S/C12H16NO4/c1-4-9(2)17-12(14)13(15)10-5-7-11(16-3)8-6-10/h5-9H,4H2,1-3H3/q+1. The molecule has 0 saturated heterocycles. The molecular weight excluding hydrogens is 222 g/mol. The van der Waals surface area contributed by atoms with Gasteiger partial charge in [0, 0.05) is 17.0 Å². The summed E-state index contributed by atoms with van der Waals surface area (Å²) in [4.78, 5) is 23.0. The molecule has 0 aromatic heterocycles. The van der Waals surface area contributed by atoms with Gasteiger partial charge in [0.25, 0.3) is 5.69 Å². The minimum Gasteiger partial charge on any atom is -0.497 e. The van der Waals surface area contributed by atoms with Crippen LogP contribution in [0, 0.1) is 4.91 Å². The summed E-state index contributed by atoms with van der Waals surface area (Å²) in [5.41, 5.74) is 0.221. The molecule has 0 spiro atoms. The smallest absolute Gasteiger partial charge is 0.497 e. The molecule has 0 aliphatic carbocycles. The van der Waals surface area contributed by atoms with Gasteiger partial charge in [0.05, 0.1) is 7.11 Å². The number of methoxy groups -OCH3 is 1. The Morgan fingerprint density at radius 2 is 1.94 bits per heavy atom. The Hall–Kier alpha value is -1.91. The predicted octanol–water partition coefficient (Wildman–Crippen LogP) is 3.04. The number of nitrogens with zero attached hydrogens (tertiary/aromatic N) is 1. The SMILES string of the molecule is CCC(C)OC(=O)[N+](=O)c1ccc(OC)cc1. The first-order valence-electron chi connectivity index (χ1n) is 5.40. The van der Waals surface area contributed by atoms with Gasteiger partial charge in [-0.2, -0.15) is 4.79 Å². The van der Waals surface area contributed by atoms with Crippen molar-refractivity contribution in [1.82, 2.24) is 0 Å². The minimum atomic E-state index is -0.899. The number of amides is 1. The molecule has 1 atom stereocenters. The van der Waals surface area contributed by atoms with Gasteiger partial charge in [0.15, 0.2) is 4.76 Å². The van der Waals surface area contributed by atoms with E-state index in [2.05, 4.69) is 0 Å². The molecular formula is C12H16NO4+. The molecule has 1 amide bonds. The van der Waals surface area contributed by atoms with E-state index in [1.165, 1.54) is 19.2 Å². The molecule has 1 aromatic carbocycles. The second-order valence-corrected chi connectivity index (χ2v) is 3.60. The fraction of sp³-hybridized carbons (Fsp3) is 0.417. The maximum Gasteiger partial charge on any atom is 0.651 e. The van der Waals surface area contributed by atoms with E-state index >= 15 is 0 Å². The average Bonchev–Trinajstić information content (AvgIpc) is 2.37. The van der Waals surface area contributed by atoms with Crippen LogP contribution in [-0.2, 0) is 4.74 Å². The van der Waals surface area contributed by atoms with Crippen molar-refractivity contribution in [3.05, 3.63) is 29.2 Å². The lowest BCUT2D eigenvalue weighted by Gasteiger charge is -2.04. The van der Waals surface area contributed by atoms with E-state index in [0.29, 0.717) is 12.2 Å². The monoisotopic (exact) mass is 238 g/mol. The Kier molecular flexibility index (Phi) is 4.63. The van der Waals surface area contributed by atoms with Crippen LogP contribution in [0.1, 0.15) is 20.3 Å². The van der Waals surface area contributed by atoms with Gasteiger partial charge in [-0.05, 0) is 25.5 Å². The van der Waals surface area contributed by atoms with Gasteiger partial charge in [-0.1, -0.05) is 6.92 Å². The highest BCUT2D eigenvalue weighted by atomic mass is 16.6. The molecule has 0 heterocycles. The van der Waals surface area contributed by atoms with Gasteiger partial charge in [-0.25, -0.2) is 0 Å². The Morgan fingerprint density at radius 3 is 2.41 bits per heavy atom. The van der Waals surface area contributed by atoms with E-state index in [9.17, 15) is 9.70 Å². The number of hydrogen-bond acceptors (Lipinski definition) is 4. The van der Waals surface area contributed by atoms with E-state index < -0.39 is 6.09 Å². The molecule has 0 aliphatic heterocycles. The quantitative estimate of drug-likeness (QED) is 0.756. The second-order valence-electron chi connectivity index (χ2n) is 3.60. The van der Waals surface area contributed by atoms with Crippen LogP contribution in [0.25, 0.3) is 0 Å². The third-order valence-corrected chi connectivity index (χ3v) is 2.35. The van der Waals surface area contributed by atoms with E-state index in [1.54, 1.807) is 19.1 Å². The van der Waals surface area contributed by atoms with Crippen molar-refractivity contribution in [1.29, 1.82) is 0 Å². The molecule has 1 aromatic rings. The lowest BCUT2D eigenvalue weighted by molar-refractivity contribution is -0.382. The molecule has 0 fully saturated rings. The zero-order valence-electron chi connectivity index (χ0n) is 10.2. The number of benzene rings is 1. The van der Waals surface area contributed by atoms with Crippen LogP contribution in [0.2, 0.25) is 0 Å². The van der Waals surface area contributed by atoms with Crippen molar-refractivity contribution in [2.75, 3.05) is 7.11 Å². The summed E-state index contributed by atoms with van der Waals surface area (Å²) < 4.78 is 10.1. The van der Waals surface area contributed by atoms with Crippen LogP contribution < -0.4 is 4.74 Å². The first kappa shape index (κ1) is 13.2. The van der Waals surface area contributed by atoms with Gasteiger partial charge in [-0.3, -0.25) is 0 Å². The van der Waals surface area contributed by atoms with Crippen LogP contribution >= 0.6 is 0 Å². The first-order chi connectivity index (χ1) is 8.08. The number of carbonyl (C=O) groups is 1. The number of ether oxygens (including phenoxy) is 2. The number of rotatable bonds is 4. The van der Waals surface area contributed by atoms with Gasteiger partial charge in [-0.15, -0.1) is 0 Å². The Bertz CT molecular complexity index is 399. The summed E-state index contributed by atoms with van der Waals surface area (Å²) in [6.45, 7) is 3.61. The highest BCUT2D eigenvalue weighted by Gasteiger charge is 2.29. The van der Waals surface area contributed by atoms with Crippen LogP contribution in [0.3, 0.4) is 0 Å². The Labute approximate surface area is 99.9 Å². The minimum absolute atomic E-state index is 0.221. The molecule has 1 rings (SSSR count). The normalized spacial score (nSPS) is 11.7. The summed E-state index contributed by atoms with van der Waals surface area (Å²) in [5.74, 6) is 0.623. The summed E-state index contributed by atoms with van der Waals surface area (Å²) in [6.07, 6.45) is -0.496. The Balaban J connectivity index is 2.71. The van der Waals surface area contributed by atoms with Gasteiger partial charge >= 0.3 is 6.09 Å². The maximum absolute atomic E-state index is 11.6. The van der Waals surface area contributed by atoms with Crippen molar-refractivity contribution in [2.45, 2.75) is 26.4 Å². The number of hydrogen-bond donors (Lipinski definition) is 0. The fourth-order valence-corrected chi connectivity index (χ4v) is 1.13. The highest BCUT2D eigenvalue weighted by Crippen LogP contribution is 2.18. The average molecular weight is 238 g/mol. The molecule has 0 saturated carbocycles. The van der Waals surface area contributed by atoms with Crippen molar-refractivity contribution in [3.8, 4) is 5.75 Å². The Morgan fingerprint density at radius 1 is 1.35 bits per heavy atom. The van der Waals surface area contributed by atoms with E-state index in [4.69, 9.17) is 9.47 Å². The van der Waals surface area contributed by atoms with E-state index in [1.807, 2.05) is 6.92 Å². The molecule has 5 nitrogen and oxygen atoms in total. The van der Waals surface area contributed by atoms with E-state index in [0.717, 1.165) is 0 Å². The molecule has 0 bridgehead atoms. The van der Waals surface area contributed by atoms with Crippen molar-refractivity contribution < 1.29 is 19.0 Å². The number of nitroso groups, excluding NO2 is 1. The molecule has 92 valence electrons. The summed E-state index contributed by atoms with van der Waals surface area (Å²) in [7, 11) is 1.53. The van der Waals surface area contributed by atoms with Crippen LogP contribution in [0.5, 0.6) is 5.75 Å². The summed E-state index contributed by atoms with van der Waals surface area (Å²) >= 11 is 0. The number of carbonyl (C=O) groups excluding carboxylic acids is 1. The first-order valence-corrected chi connectivity index (χ1v) is 5.40. The highest BCUT2D eigenvalue weighted by molar-refractivity contribution is 5.61. The molecule has 17 heavy (non-hydrogen) atoms. The molecule has 0 aliphatic rings. The zero-order chi connectivity index (χ0) is 12.8. The predicted molar refractivity (Wildman–Crippen MR) is 62.5 cm³/mol. The summed E-state index contributed by atoms with van der Waals surface area (Å²) in [5, 5.41) is 0. The molecule has 0 N–H and O–H groups in total. The summed E-state index contributed by atoms with van der Waals surface area (Å²) in [6, 6.07) is 6.22. The van der Waals surface area contributed by atoms with Crippen molar-refractivity contribution in [3.63, 3.8) is 0 Å². The zero-order valence-corrected chi connectivity index (χ0v) is 10.2. The lowest BCUT2D eigenvalue weighted by Crippen LogP contribution is -2.20. The lowest BCUT2D eigenvalue weighted by atomic mass is 10.3. The van der Waals surface area contributed by atoms with Gasteiger partial charge in [0.2, 0.25) is 0 Å². The van der Waals surface area contributed by atoms with Gasteiger partial charge < -0.3 is 9.47 Å². The molecule has 5 heteroatoms. The third kappa shape index (κ3) is 3.55.